The van der Waals surface area contributed by atoms with Gasteiger partial charge >= 0.3 is 6.43 Å². The maximum atomic E-state index is 14.5. The summed E-state index contributed by atoms with van der Waals surface area (Å²) in [7, 11) is 0. The van der Waals surface area contributed by atoms with Crippen molar-refractivity contribution in [3.8, 4) is 11.5 Å². The van der Waals surface area contributed by atoms with Crippen LogP contribution in [0.1, 0.15) is 50.0 Å². The van der Waals surface area contributed by atoms with Crippen LogP contribution in [0.15, 0.2) is 22.6 Å². The Morgan fingerprint density at radius 2 is 2.00 bits per heavy atom. The van der Waals surface area contributed by atoms with E-state index in [-0.39, 0.29) is 5.89 Å². The molecule has 0 amide bonds. The van der Waals surface area contributed by atoms with Gasteiger partial charge in [0.1, 0.15) is 5.82 Å². The van der Waals surface area contributed by atoms with Crippen LogP contribution in [0.3, 0.4) is 0 Å². The van der Waals surface area contributed by atoms with E-state index >= 15 is 0 Å². The van der Waals surface area contributed by atoms with Crippen molar-refractivity contribution in [1.29, 1.82) is 0 Å². The first kappa shape index (κ1) is 18.3. The van der Waals surface area contributed by atoms with Crippen LogP contribution < -0.4 is 0 Å². The van der Waals surface area contributed by atoms with Gasteiger partial charge in [-0.15, -0.1) is 10.2 Å². The molecule has 0 radical (unpaired) electrons. The first-order chi connectivity index (χ1) is 12.1. The third kappa shape index (κ3) is 4.36. The quantitative estimate of drug-likeness (QED) is 0.651. The summed E-state index contributed by atoms with van der Waals surface area (Å²) >= 11 is 1.63. The normalized spacial score (nSPS) is 16.1. The highest BCUT2D eigenvalue weighted by Gasteiger charge is 2.22. The van der Waals surface area contributed by atoms with Gasteiger partial charge in [-0.2, -0.15) is 8.78 Å². The van der Waals surface area contributed by atoms with Crippen molar-refractivity contribution >= 4 is 11.9 Å². The highest BCUT2D eigenvalue weighted by Crippen LogP contribution is 2.30. The molecule has 1 saturated carbocycles. The summed E-state index contributed by atoms with van der Waals surface area (Å²) in [5, 5.41) is 6.82. The summed E-state index contributed by atoms with van der Waals surface area (Å²) in [5.41, 5.74) is 0.867. The first-order valence-electron chi connectivity index (χ1n) is 8.29. The number of halogens is 3. The van der Waals surface area contributed by atoms with Crippen molar-refractivity contribution in [2.45, 2.75) is 51.1 Å². The summed E-state index contributed by atoms with van der Waals surface area (Å²) in [6.07, 6.45) is 5.14. The van der Waals surface area contributed by atoms with Gasteiger partial charge in [0.05, 0.1) is 0 Å². The van der Waals surface area contributed by atoms with Crippen LogP contribution in [0.4, 0.5) is 13.2 Å². The van der Waals surface area contributed by atoms with Gasteiger partial charge in [0.2, 0.25) is 5.89 Å². The predicted octanol–water partition coefficient (Wildman–Crippen LogP) is 5.23. The lowest BCUT2D eigenvalue weighted by molar-refractivity contribution is 0.116. The maximum absolute atomic E-state index is 14.5. The van der Waals surface area contributed by atoms with Gasteiger partial charge in [0, 0.05) is 23.7 Å². The van der Waals surface area contributed by atoms with E-state index in [9.17, 15) is 13.2 Å². The molecule has 0 spiro atoms. The molecule has 2 aromatic rings. The molecule has 1 aliphatic rings. The second-order valence-electron chi connectivity index (χ2n) is 6.10. The third-order valence-corrected chi connectivity index (χ3v) is 5.37. The van der Waals surface area contributed by atoms with Gasteiger partial charge in [0.15, 0.2) is 0 Å². The summed E-state index contributed by atoms with van der Waals surface area (Å²) in [5.74, 6) is -1.26. The van der Waals surface area contributed by atoms with Crippen LogP contribution in [-0.2, 0) is 6.54 Å². The monoisotopic (exact) mass is 371 g/mol. The number of aromatic nitrogens is 2. The Kier molecular flexibility index (Phi) is 6.01. The summed E-state index contributed by atoms with van der Waals surface area (Å²) < 4.78 is 46.6. The minimum atomic E-state index is -2.84. The van der Waals surface area contributed by atoms with Crippen molar-refractivity contribution in [1.82, 2.24) is 14.5 Å². The molecule has 8 heteroatoms. The second kappa shape index (κ2) is 8.23. The number of nitrogens with zero attached hydrogens (tertiary/aromatic N) is 3. The standard InChI is InChI=1S/C17H20F3N3OS/c1-25-23(13-5-3-2-4-6-13)10-12-8-7-11(9-14(12)18)16-21-22-17(24-16)15(19)20/h7-9,13,15H,2-6,10H2,1H3. The molecule has 1 heterocycles. The average Bonchev–Trinajstić information content (AvgIpc) is 3.12. The highest BCUT2D eigenvalue weighted by molar-refractivity contribution is 7.96. The zero-order valence-electron chi connectivity index (χ0n) is 13.9. The van der Waals surface area contributed by atoms with Crippen LogP contribution in [-0.4, -0.2) is 26.8 Å². The van der Waals surface area contributed by atoms with Gasteiger partial charge in [0.25, 0.3) is 5.89 Å². The molecule has 0 bridgehead atoms. The van der Waals surface area contributed by atoms with Gasteiger partial charge < -0.3 is 4.42 Å². The second-order valence-corrected chi connectivity index (χ2v) is 6.94. The number of hydrogen-bond donors (Lipinski definition) is 0. The third-order valence-electron chi connectivity index (χ3n) is 4.47. The van der Waals surface area contributed by atoms with E-state index in [4.69, 9.17) is 4.42 Å². The highest BCUT2D eigenvalue weighted by atomic mass is 32.2. The fourth-order valence-electron chi connectivity index (χ4n) is 3.13. The van der Waals surface area contributed by atoms with E-state index in [0.29, 0.717) is 23.7 Å². The molecule has 0 N–H and O–H groups in total. The molecule has 1 aromatic carbocycles. The molecular formula is C17H20F3N3OS. The topological polar surface area (TPSA) is 42.2 Å². The molecule has 136 valence electrons. The van der Waals surface area contributed by atoms with Crippen molar-refractivity contribution in [2.24, 2.45) is 0 Å². The predicted molar refractivity (Wildman–Crippen MR) is 90.6 cm³/mol. The van der Waals surface area contributed by atoms with E-state index in [2.05, 4.69) is 14.5 Å². The van der Waals surface area contributed by atoms with Crippen molar-refractivity contribution in [2.75, 3.05) is 6.26 Å². The van der Waals surface area contributed by atoms with Crippen LogP contribution >= 0.6 is 11.9 Å². The van der Waals surface area contributed by atoms with E-state index in [1.807, 2.05) is 6.26 Å². The molecule has 4 nitrogen and oxygen atoms in total. The van der Waals surface area contributed by atoms with Crippen LogP contribution in [0, 0.1) is 5.82 Å². The molecule has 1 aliphatic carbocycles. The number of hydrogen-bond acceptors (Lipinski definition) is 5. The molecule has 0 saturated heterocycles. The summed E-state index contributed by atoms with van der Waals surface area (Å²) in [4.78, 5) is 0. The Labute approximate surface area is 148 Å². The molecule has 0 aliphatic heterocycles. The van der Waals surface area contributed by atoms with Crippen molar-refractivity contribution < 1.29 is 17.6 Å². The zero-order chi connectivity index (χ0) is 17.8. The molecule has 0 atom stereocenters. The Morgan fingerprint density at radius 3 is 2.60 bits per heavy atom. The number of rotatable bonds is 6. The molecule has 3 rings (SSSR count). The molecule has 1 fully saturated rings. The molecule has 1 aromatic heterocycles. The number of alkyl halides is 2. The lowest BCUT2D eigenvalue weighted by Crippen LogP contribution is -2.31. The van der Waals surface area contributed by atoms with Crippen LogP contribution in [0.5, 0.6) is 0 Å². The van der Waals surface area contributed by atoms with Crippen molar-refractivity contribution in [3.63, 3.8) is 0 Å². The van der Waals surface area contributed by atoms with Gasteiger partial charge in [-0.25, -0.2) is 8.70 Å². The van der Waals surface area contributed by atoms with E-state index in [1.54, 1.807) is 24.1 Å². The van der Waals surface area contributed by atoms with Gasteiger partial charge in [-0.1, -0.05) is 37.3 Å². The SMILES string of the molecule is CSN(Cc1ccc(-c2nnc(C(F)F)o2)cc1F)C1CCCCC1. The molecular weight excluding hydrogens is 351 g/mol. The Morgan fingerprint density at radius 1 is 1.24 bits per heavy atom. The molecule has 25 heavy (non-hydrogen) atoms. The van der Waals surface area contributed by atoms with Crippen molar-refractivity contribution in [3.05, 3.63) is 35.5 Å². The van der Waals surface area contributed by atoms with E-state index in [1.165, 1.54) is 25.3 Å². The fraction of sp³-hybridized carbons (Fsp3) is 0.529. The Bertz CT molecular complexity index is 704. The minimum Gasteiger partial charge on any atom is -0.415 e. The van der Waals surface area contributed by atoms with Gasteiger partial charge in [-0.3, -0.25) is 0 Å². The Balaban J connectivity index is 1.74. The summed E-state index contributed by atoms with van der Waals surface area (Å²) in [6, 6.07) is 5.01. The maximum Gasteiger partial charge on any atom is 0.314 e. The van der Waals surface area contributed by atoms with E-state index < -0.39 is 18.1 Å². The zero-order valence-corrected chi connectivity index (χ0v) is 14.7. The summed E-state index contributed by atoms with van der Waals surface area (Å²) in [6.45, 7) is 0.504. The lowest BCUT2D eigenvalue weighted by atomic mass is 9.95. The average molecular weight is 371 g/mol. The van der Waals surface area contributed by atoms with E-state index in [0.717, 1.165) is 12.8 Å². The van der Waals surface area contributed by atoms with Gasteiger partial charge in [-0.05, 0) is 31.2 Å². The first-order valence-corrected chi connectivity index (χ1v) is 9.47. The molecule has 0 unspecified atom stereocenters. The fourth-order valence-corrected chi connectivity index (χ4v) is 3.90. The largest absolute Gasteiger partial charge is 0.415 e. The smallest absolute Gasteiger partial charge is 0.314 e. The Hall–Kier alpha value is -1.54. The van der Waals surface area contributed by atoms with Crippen LogP contribution in [0.2, 0.25) is 0 Å². The lowest BCUT2D eigenvalue weighted by Gasteiger charge is -2.32. The van der Waals surface area contributed by atoms with Crippen LogP contribution in [0.25, 0.3) is 11.5 Å². The minimum absolute atomic E-state index is 0.102. The number of benzene rings is 1.